The molecule has 2 N–H and O–H groups in total. The van der Waals surface area contributed by atoms with Crippen molar-refractivity contribution in [1.29, 1.82) is 0 Å². The number of rotatable bonds is 13. The Bertz CT molecular complexity index is 1020. The molecule has 0 saturated carbocycles. The molecule has 1 unspecified atom stereocenters. The molecular formula is C28H38FN3O4. The third-order valence-electron chi connectivity index (χ3n) is 7.15. The first-order valence-electron chi connectivity index (χ1n) is 13.0. The van der Waals surface area contributed by atoms with Gasteiger partial charge in [-0.2, -0.15) is 0 Å². The molecule has 7 nitrogen and oxygen atoms in total. The van der Waals surface area contributed by atoms with Crippen molar-refractivity contribution in [3.63, 3.8) is 0 Å². The molecule has 1 aromatic heterocycles. The maximum absolute atomic E-state index is 15.7. The predicted octanol–water partition coefficient (Wildman–Crippen LogP) is 4.46. The van der Waals surface area contributed by atoms with Crippen molar-refractivity contribution in [3.05, 3.63) is 53.2 Å². The lowest BCUT2D eigenvalue weighted by Gasteiger charge is -2.25. The standard InChI is InChI=1S/C28H38FN3O4/c1-35-15-4-16-36-25-7-2-5-22(17-25)23(18-26(33)34)19-32-14-12-28(29,20-32)11-10-24-9-8-21-6-3-13-30-27(21)31-24/h2,5,7-9,17,23H,3-4,6,10-16,18-20H2,1H3,(H,30,31)(H,33,34)/t23?,28-/m0/s1. The minimum atomic E-state index is -1.29. The van der Waals surface area contributed by atoms with Gasteiger partial charge in [0, 0.05) is 57.9 Å². The lowest BCUT2D eigenvalue weighted by molar-refractivity contribution is -0.137. The van der Waals surface area contributed by atoms with Crippen molar-refractivity contribution in [1.82, 2.24) is 9.88 Å². The van der Waals surface area contributed by atoms with Crippen molar-refractivity contribution in [2.75, 3.05) is 51.8 Å². The summed E-state index contributed by atoms with van der Waals surface area (Å²) in [4.78, 5) is 18.4. The minimum absolute atomic E-state index is 0.00500. The number of carboxylic acids is 1. The first kappa shape index (κ1) is 26.4. The van der Waals surface area contributed by atoms with Crippen LogP contribution in [0.4, 0.5) is 10.2 Å². The lowest BCUT2D eigenvalue weighted by Crippen LogP contribution is -2.32. The number of nitrogens with one attached hydrogen (secondary N) is 1. The number of methoxy groups -OCH3 is 1. The van der Waals surface area contributed by atoms with Gasteiger partial charge in [0.05, 0.1) is 13.0 Å². The van der Waals surface area contributed by atoms with Gasteiger partial charge in [0.25, 0.3) is 0 Å². The molecule has 1 fully saturated rings. The molecule has 36 heavy (non-hydrogen) atoms. The van der Waals surface area contributed by atoms with Crippen LogP contribution in [0.5, 0.6) is 5.75 Å². The zero-order chi connectivity index (χ0) is 25.4. The third-order valence-corrected chi connectivity index (χ3v) is 7.15. The van der Waals surface area contributed by atoms with E-state index >= 15 is 4.39 Å². The van der Waals surface area contributed by atoms with Crippen LogP contribution in [0.15, 0.2) is 36.4 Å². The number of benzene rings is 1. The number of aryl methyl sites for hydroxylation is 2. The van der Waals surface area contributed by atoms with E-state index in [4.69, 9.17) is 14.5 Å². The second-order valence-electron chi connectivity index (χ2n) is 10.0. The quantitative estimate of drug-likeness (QED) is 0.394. The van der Waals surface area contributed by atoms with Crippen LogP contribution in [0, 0.1) is 0 Å². The van der Waals surface area contributed by atoms with Crippen molar-refractivity contribution in [3.8, 4) is 5.75 Å². The minimum Gasteiger partial charge on any atom is -0.493 e. The Hall–Kier alpha value is -2.71. The van der Waals surface area contributed by atoms with E-state index in [2.05, 4.69) is 16.3 Å². The normalized spacial score (nSPS) is 20.5. The van der Waals surface area contributed by atoms with Crippen LogP contribution in [0.25, 0.3) is 0 Å². The number of nitrogens with zero attached hydrogens (tertiary/aromatic N) is 2. The molecule has 3 heterocycles. The highest BCUT2D eigenvalue weighted by Crippen LogP contribution is 2.33. The van der Waals surface area contributed by atoms with E-state index in [1.165, 1.54) is 5.56 Å². The second kappa shape index (κ2) is 12.5. The number of carboxylic acid groups (broad SMARTS) is 1. The Balaban J connectivity index is 1.34. The van der Waals surface area contributed by atoms with Gasteiger partial charge in [0.1, 0.15) is 17.2 Å². The van der Waals surface area contributed by atoms with Gasteiger partial charge in [-0.25, -0.2) is 9.37 Å². The summed E-state index contributed by atoms with van der Waals surface area (Å²) in [5.41, 5.74) is 1.78. The number of hydrogen-bond acceptors (Lipinski definition) is 6. The molecule has 2 aliphatic rings. The Morgan fingerprint density at radius 3 is 3.03 bits per heavy atom. The molecule has 2 aliphatic heterocycles. The fourth-order valence-corrected chi connectivity index (χ4v) is 5.20. The SMILES string of the molecule is COCCCOc1cccc(C(CC(=O)O)CN2CC[C@@](F)(CCc3ccc4c(n3)NCCC4)C2)c1. The monoisotopic (exact) mass is 499 g/mol. The number of halogens is 1. The van der Waals surface area contributed by atoms with E-state index in [-0.39, 0.29) is 12.3 Å². The molecule has 0 spiro atoms. The Morgan fingerprint density at radius 1 is 1.31 bits per heavy atom. The molecule has 1 saturated heterocycles. The number of hydrogen-bond donors (Lipinski definition) is 2. The maximum atomic E-state index is 15.7. The summed E-state index contributed by atoms with van der Waals surface area (Å²) in [5.74, 6) is 0.568. The Labute approximate surface area is 213 Å². The number of carbonyl (C=O) groups is 1. The van der Waals surface area contributed by atoms with E-state index < -0.39 is 11.6 Å². The molecule has 4 rings (SSSR count). The van der Waals surface area contributed by atoms with Crippen molar-refractivity contribution in [2.24, 2.45) is 0 Å². The van der Waals surface area contributed by atoms with Crippen LogP contribution in [0.1, 0.15) is 54.8 Å². The average Bonchev–Trinajstić information content (AvgIpc) is 3.25. The van der Waals surface area contributed by atoms with Crippen molar-refractivity contribution >= 4 is 11.8 Å². The fraction of sp³-hybridized carbons (Fsp3) is 0.571. The van der Waals surface area contributed by atoms with Crippen LogP contribution in [0.3, 0.4) is 0 Å². The number of likely N-dealkylation sites (tertiary alicyclic amines) is 1. The average molecular weight is 500 g/mol. The summed E-state index contributed by atoms with van der Waals surface area (Å²) in [6, 6.07) is 11.7. The summed E-state index contributed by atoms with van der Waals surface area (Å²) in [7, 11) is 1.66. The largest absolute Gasteiger partial charge is 0.493 e. The lowest BCUT2D eigenvalue weighted by atomic mass is 9.94. The van der Waals surface area contributed by atoms with Crippen LogP contribution in [-0.2, 0) is 22.4 Å². The summed E-state index contributed by atoms with van der Waals surface area (Å²) < 4.78 is 26.6. The van der Waals surface area contributed by atoms with Crippen LogP contribution < -0.4 is 10.1 Å². The topological polar surface area (TPSA) is 83.9 Å². The highest BCUT2D eigenvalue weighted by molar-refractivity contribution is 5.68. The summed E-state index contributed by atoms with van der Waals surface area (Å²) in [6.45, 7) is 3.55. The van der Waals surface area contributed by atoms with E-state index in [9.17, 15) is 9.90 Å². The molecule has 196 valence electrons. The van der Waals surface area contributed by atoms with E-state index in [0.29, 0.717) is 57.9 Å². The van der Waals surface area contributed by atoms with Gasteiger partial charge in [-0.05, 0) is 61.4 Å². The molecule has 2 aromatic rings. The smallest absolute Gasteiger partial charge is 0.304 e. The molecule has 1 aromatic carbocycles. The summed E-state index contributed by atoms with van der Waals surface area (Å²) >= 11 is 0. The number of alkyl halides is 1. The van der Waals surface area contributed by atoms with Gasteiger partial charge in [-0.1, -0.05) is 18.2 Å². The zero-order valence-corrected chi connectivity index (χ0v) is 21.2. The number of ether oxygens (including phenoxy) is 2. The molecule has 2 atom stereocenters. The highest BCUT2D eigenvalue weighted by atomic mass is 19.1. The highest BCUT2D eigenvalue weighted by Gasteiger charge is 2.39. The maximum Gasteiger partial charge on any atom is 0.304 e. The molecule has 0 aliphatic carbocycles. The van der Waals surface area contributed by atoms with Gasteiger partial charge >= 0.3 is 5.97 Å². The number of anilines is 1. The Morgan fingerprint density at radius 2 is 2.19 bits per heavy atom. The van der Waals surface area contributed by atoms with Gasteiger partial charge in [0.2, 0.25) is 0 Å². The first-order chi connectivity index (χ1) is 17.4. The van der Waals surface area contributed by atoms with Crippen molar-refractivity contribution in [2.45, 2.75) is 56.5 Å². The molecule has 8 heteroatoms. The molecule has 0 bridgehead atoms. The summed E-state index contributed by atoms with van der Waals surface area (Å²) in [5, 5.41) is 12.9. The third kappa shape index (κ3) is 7.40. The van der Waals surface area contributed by atoms with Crippen molar-refractivity contribution < 1.29 is 23.8 Å². The number of pyridine rings is 1. The van der Waals surface area contributed by atoms with Gasteiger partial charge in [-0.3, -0.25) is 9.69 Å². The van der Waals surface area contributed by atoms with Gasteiger partial charge < -0.3 is 19.9 Å². The molecule has 0 radical (unpaired) electrons. The fourth-order valence-electron chi connectivity index (χ4n) is 5.20. The van der Waals surface area contributed by atoms with Crippen LogP contribution in [-0.4, -0.2) is 73.1 Å². The number of aromatic nitrogens is 1. The zero-order valence-electron chi connectivity index (χ0n) is 21.2. The predicted molar refractivity (Wildman–Crippen MR) is 138 cm³/mol. The van der Waals surface area contributed by atoms with Crippen LogP contribution >= 0.6 is 0 Å². The summed E-state index contributed by atoms with van der Waals surface area (Å²) in [6.07, 6.45) is 4.41. The van der Waals surface area contributed by atoms with E-state index in [1.807, 2.05) is 30.3 Å². The van der Waals surface area contributed by atoms with E-state index in [1.54, 1.807) is 7.11 Å². The molecular weight excluding hydrogens is 461 g/mol. The number of fused-ring (bicyclic) bond motifs is 1. The van der Waals surface area contributed by atoms with Gasteiger partial charge in [-0.15, -0.1) is 0 Å². The van der Waals surface area contributed by atoms with E-state index in [0.717, 1.165) is 42.9 Å². The Kier molecular flexibility index (Phi) is 9.15. The molecule has 0 amide bonds. The first-order valence-corrected chi connectivity index (χ1v) is 13.0. The second-order valence-corrected chi connectivity index (χ2v) is 10.0. The van der Waals surface area contributed by atoms with Gasteiger partial charge in [0.15, 0.2) is 0 Å². The van der Waals surface area contributed by atoms with Crippen LogP contribution in [0.2, 0.25) is 0 Å². The number of aliphatic carboxylic acids is 1.